The second kappa shape index (κ2) is 10.5. The third kappa shape index (κ3) is 5.41. The van der Waals surface area contributed by atoms with Crippen molar-refractivity contribution in [3.05, 3.63) is 58.5 Å². The van der Waals surface area contributed by atoms with E-state index >= 15 is 0 Å². The van der Waals surface area contributed by atoms with Crippen molar-refractivity contribution in [2.45, 2.75) is 26.4 Å². The molecule has 168 valence electrons. The van der Waals surface area contributed by atoms with Crippen molar-refractivity contribution in [2.24, 2.45) is 0 Å². The van der Waals surface area contributed by atoms with E-state index in [1.807, 2.05) is 26.0 Å². The minimum atomic E-state index is -0.446. The van der Waals surface area contributed by atoms with Gasteiger partial charge in [-0.1, -0.05) is 24.8 Å². The fourth-order valence-corrected chi connectivity index (χ4v) is 3.97. The van der Waals surface area contributed by atoms with Gasteiger partial charge in [-0.15, -0.1) is 0 Å². The number of benzene rings is 2. The molecular formula is C23H24N2O5S2. The summed E-state index contributed by atoms with van der Waals surface area (Å²) in [5.74, 6) is 0.992. The maximum Gasteiger partial charge on any atom is 0.285 e. The molecule has 32 heavy (non-hydrogen) atoms. The number of thiocarbonyl (C=S) groups is 1. The summed E-state index contributed by atoms with van der Waals surface area (Å²) in [5, 5.41) is 1.08. The van der Waals surface area contributed by atoms with Crippen molar-refractivity contribution in [2.75, 3.05) is 14.2 Å². The molecule has 1 aliphatic rings. The van der Waals surface area contributed by atoms with Gasteiger partial charge in [-0.25, -0.2) is 0 Å². The number of hydrazine groups is 1. The number of hydrogen-bond donors (Lipinski definition) is 1. The Hall–Kier alpha value is -3.04. The fraction of sp³-hybridized carbons (Fsp3) is 0.261. The second-order valence-electron chi connectivity index (χ2n) is 6.93. The standard InChI is InChI=1S/C23H24N2O5S2/c1-5-14(2)30-18-11-6-15(12-19(18)29-4)13-20-22(27)25(23(31)32-20)24-21(26)16-7-9-17(28-3)10-8-16/h6-14H,5H2,1-4H3,(H,24,26)/b20-13-/t14-/m1/s1. The molecule has 2 aromatic carbocycles. The number of rotatable bonds is 8. The zero-order valence-corrected chi connectivity index (χ0v) is 19.8. The van der Waals surface area contributed by atoms with Gasteiger partial charge in [0.05, 0.1) is 25.2 Å². The Morgan fingerprint density at radius 1 is 1.16 bits per heavy atom. The van der Waals surface area contributed by atoms with Gasteiger partial charge in [-0.3, -0.25) is 15.0 Å². The summed E-state index contributed by atoms with van der Waals surface area (Å²) >= 11 is 6.41. The molecule has 0 radical (unpaired) electrons. The average Bonchev–Trinajstić information content (AvgIpc) is 3.07. The zero-order valence-electron chi connectivity index (χ0n) is 18.2. The minimum Gasteiger partial charge on any atom is -0.497 e. The molecule has 0 aliphatic carbocycles. The zero-order chi connectivity index (χ0) is 23.3. The number of nitrogens with zero attached hydrogens (tertiary/aromatic N) is 1. The molecule has 9 heteroatoms. The van der Waals surface area contributed by atoms with Crippen LogP contribution in [0.1, 0.15) is 36.2 Å². The molecule has 2 aromatic rings. The highest BCUT2D eigenvalue weighted by molar-refractivity contribution is 8.26. The quantitative estimate of drug-likeness (QED) is 0.450. The van der Waals surface area contributed by atoms with Gasteiger partial charge >= 0.3 is 0 Å². The van der Waals surface area contributed by atoms with E-state index in [1.54, 1.807) is 50.6 Å². The molecule has 2 amide bonds. The Balaban J connectivity index is 1.75. The van der Waals surface area contributed by atoms with Crippen LogP contribution >= 0.6 is 24.0 Å². The van der Waals surface area contributed by atoms with Crippen LogP contribution in [0.5, 0.6) is 17.2 Å². The van der Waals surface area contributed by atoms with Crippen LogP contribution in [0, 0.1) is 0 Å². The number of ether oxygens (including phenoxy) is 3. The number of carbonyl (C=O) groups excluding carboxylic acids is 2. The van der Waals surface area contributed by atoms with Crippen molar-refractivity contribution in [3.63, 3.8) is 0 Å². The Labute approximate surface area is 196 Å². The molecular weight excluding hydrogens is 448 g/mol. The van der Waals surface area contributed by atoms with Crippen molar-refractivity contribution >= 4 is 46.2 Å². The van der Waals surface area contributed by atoms with E-state index in [-0.39, 0.29) is 10.4 Å². The second-order valence-corrected chi connectivity index (χ2v) is 8.61. The number of carbonyl (C=O) groups is 2. The molecule has 0 unspecified atom stereocenters. The highest BCUT2D eigenvalue weighted by Crippen LogP contribution is 2.34. The van der Waals surface area contributed by atoms with Crippen LogP contribution in [0.4, 0.5) is 0 Å². The summed E-state index contributed by atoms with van der Waals surface area (Å²) in [7, 11) is 3.11. The van der Waals surface area contributed by atoms with Crippen LogP contribution in [-0.4, -0.2) is 41.5 Å². The van der Waals surface area contributed by atoms with E-state index in [4.69, 9.17) is 26.4 Å². The van der Waals surface area contributed by atoms with Gasteiger partial charge in [0.25, 0.3) is 11.8 Å². The largest absolute Gasteiger partial charge is 0.497 e. The SMILES string of the molecule is CC[C@@H](C)Oc1ccc(/C=C2\SC(=S)N(NC(=O)c3ccc(OC)cc3)C2=O)cc1OC. The van der Waals surface area contributed by atoms with Crippen LogP contribution in [0.2, 0.25) is 0 Å². The van der Waals surface area contributed by atoms with Gasteiger partial charge in [0, 0.05) is 5.56 Å². The van der Waals surface area contributed by atoms with Gasteiger partial charge < -0.3 is 14.2 Å². The maximum atomic E-state index is 12.9. The molecule has 1 saturated heterocycles. The summed E-state index contributed by atoms with van der Waals surface area (Å²) in [6, 6.07) is 12.0. The van der Waals surface area contributed by atoms with E-state index in [0.717, 1.165) is 28.8 Å². The summed E-state index contributed by atoms with van der Waals surface area (Å²) in [6.45, 7) is 4.03. The first-order valence-electron chi connectivity index (χ1n) is 9.94. The Morgan fingerprint density at radius 2 is 1.88 bits per heavy atom. The van der Waals surface area contributed by atoms with Crippen molar-refractivity contribution in [1.29, 1.82) is 0 Å². The van der Waals surface area contributed by atoms with Crippen molar-refractivity contribution in [3.8, 4) is 17.2 Å². The summed E-state index contributed by atoms with van der Waals surface area (Å²) in [4.78, 5) is 25.8. The highest BCUT2D eigenvalue weighted by atomic mass is 32.2. The number of hydrogen-bond acceptors (Lipinski definition) is 7. The monoisotopic (exact) mass is 472 g/mol. The van der Waals surface area contributed by atoms with Crippen molar-refractivity contribution in [1.82, 2.24) is 10.4 Å². The van der Waals surface area contributed by atoms with Gasteiger partial charge in [0.15, 0.2) is 15.8 Å². The van der Waals surface area contributed by atoms with Crippen molar-refractivity contribution < 1.29 is 23.8 Å². The first-order valence-corrected chi connectivity index (χ1v) is 11.2. The Kier molecular flexibility index (Phi) is 7.76. The van der Waals surface area contributed by atoms with E-state index in [1.165, 1.54) is 0 Å². The molecule has 1 N–H and O–H groups in total. The molecule has 1 aliphatic heterocycles. The van der Waals surface area contributed by atoms with Gasteiger partial charge in [-0.2, -0.15) is 5.01 Å². The van der Waals surface area contributed by atoms with E-state index in [0.29, 0.717) is 27.7 Å². The lowest BCUT2D eigenvalue weighted by Crippen LogP contribution is -2.44. The lowest BCUT2D eigenvalue weighted by atomic mass is 10.1. The lowest BCUT2D eigenvalue weighted by Gasteiger charge is -2.16. The molecule has 0 spiro atoms. The van der Waals surface area contributed by atoms with Crippen LogP contribution in [-0.2, 0) is 4.79 Å². The molecule has 0 bridgehead atoms. The normalized spacial score (nSPS) is 15.6. The smallest absolute Gasteiger partial charge is 0.285 e. The first-order chi connectivity index (χ1) is 15.4. The summed E-state index contributed by atoms with van der Waals surface area (Å²) in [6.07, 6.45) is 2.63. The molecule has 3 rings (SSSR count). The van der Waals surface area contributed by atoms with E-state index < -0.39 is 11.8 Å². The van der Waals surface area contributed by atoms with Crippen LogP contribution < -0.4 is 19.6 Å². The maximum absolute atomic E-state index is 12.9. The molecule has 7 nitrogen and oxygen atoms in total. The first kappa shape index (κ1) is 23.6. The predicted octanol–water partition coefficient (Wildman–Crippen LogP) is 4.43. The number of thioether (sulfide) groups is 1. The van der Waals surface area contributed by atoms with Gasteiger partial charge in [0.1, 0.15) is 5.75 Å². The third-order valence-corrected chi connectivity index (χ3v) is 6.05. The molecule has 0 aromatic heterocycles. The average molecular weight is 473 g/mol. The summed E-state index contributed by atoms with van der Waals surface area (Å²) < 4.78 is 16.6. The number of methoxy groups -OCH3 is 2. The van der Waals surface area contributed by atoms with E-state index in [9.17, 15) is 9.59 Å². The highest BCUT2D eigenvalue weighted by Gasteiger charge is 2.33. The third-order valence-electron chi connectivity index (χ3n) is 4.75. The van der Waals surface area contributed by atoms with E-state index in [2.05, 4.69) is 5.43 Å². The summed E-state index contributed by atoms with van der Waals surface area (Å²) in [5.41, 5.74) is 3.69. The van der Waals surface area contributed by atoms with Gasteiger partial charge in [0.2, 0.25) is 0 Å². The van der Waals surface area contributed by atoms with Crippen LogP contribution in [0.3, 0.4) is 0 Å². The lowest BCUT2D eigenvalue weighted by molar-refractivity contribution is -0.123. The van der Waals surface area contributed by atoms with Gasteiger partial charge in [-0.05, 0) is 73.6 Å². The van der Waals surface area contributed by atoms with Crippen LogP contribution in [0.25, 0.3) is 6.08 Å². The molecule has 1 atom stereocenters. The minimum absolute atomic E-state index is 0.0558. The number of nitrogens with one attached hydrogen (secondary N) is 1. The predicted molar refractivity (Wildman–Crippen MR) is 129 cm³/mol. The number of amides is 2. The fourth-order valence-electron chi connectivity index (χ4n) is 2.80. The topological polar surface area (TPSA) is 77.1 Å². The van der Waals surface area contributed by atoms with Crippen LogP contribution in [0.15, 0.2) is 47.4 Å². The molecule has 1 heterocycles. The Morgan fingerprint density at radius 3 is 2.50 bits per heavy atom. The molecule has 1 fully saturated rings. The Bertz CT molecular complexity index is 1050. The molecule has 0 saturated carbocycles.